The van der Waals surface area contributed by atoms with Gasteiger partial charge in [0.1, 0.15) is 0 Å². The van der Waals surface area contributed by atoms with Crippen molar-refractivity contribution < 1.29 is 9.85 Å². The Morgan fingerprint density at radius 1 is 0.793 bits per heavy atom. The Kier molecular flexibility index (Phi) is 8.68. The molecule has 2 aromatic rings. The Balaban J connectivity index is 1.89. The summed E-state index contributed by atoms with van der Waals surface area (Å²) in [5.74, 6) is 0. The molecule has 154 valence electrons. The van der Waals surface area contributed by atoms with Crippen LogP contribution in [0.5, 0.6) is 0 Å². The predicted octanol–water partition coefficient (Wildman–Crippen LogP) is 6.69. The topological polar surface area (TPSA) is 123 Å². The van der Waals surface area contributed by atoms with Crippen LogP contribution in [-0.4, -0.2) is 16.4 Å². The SMILES string of the molecule is CCCCCCCCNc1ccc(N=Nc2ccc([N+](=O)[O-])c([N+](=O)[O-])c2)cc1. The first-order valence-electron chi connectivity index (χ1n) is 9.69. The molecule has 1 N–H and O–H groups in total. The van der Waals surface area contributed by atoms with Crippen LogP contribution in [0.1, 0.15) is 45.4 Å². The Morgan fingerprint density at radius 3 is 2.03 bits per heavy atom. The van der Waals surface area contributed by atoms with Crippen molar-refractivity contribution in [3.63, 3.8) is 0 Å². The lowest BCUT2D eigenvalue weighted by Gasteiger charge is -2.06. The molecular weight excluding hydrogens is 374 g/mol. The van der Waals surface area contributed by atoms with Crippen molar-refractivity contribution in [1.82, 2.24) is 0 Å². The molecule has 0 unspecified atom stereocenters. The molecule has 0 atom stereocenters. The number of unbranched alkanes of at least 4 members (excludes halogenated alkanes) is 5. The van der Waals surface area contributed by atoms with Gasteiger partial charge in [0.25, 0.3) is 0 Å². The summed E-state index contributed by atoms with van der Waals surface area (Å²) in [5, 5.41) is 33.2. The van der Waals surface area contributed by atoms with Crippen molar-refractivity contribution in [2.75, 3.05) is 11.9 Å². The quantitative estimate of drug-likeness (QED) is 0.184. The number of nitrogens with zero attached hydrogens (tertiary/aromatic N) is 4. The monoisotopic (exact) mass is 399 g/mol. The largest absolute Gasteiger partial charge is 0.385 e. The summed E-state index contributed by atoms with van der Waals surface area (Å²) >= 11 is 0. The normalized spacial score (nSPS) is 10.9. The van der Waals surface area contributed by atoms with Gasteiger partial charge in [-0.3, -0.25) is 20.2 Å². The second kappa shape index (κ2) is 11.5. The van der Waals surface area contributed by atoms with Crippen molar-refractivity contribution in [2.45, 2.75) is 45.4 Å². The fraction of sp³-hybridized carbons (Fsp3) is 0.400. The van der Waals surface area contributed by atoms with Crippen molar-refractivity contribution in [3.05, 3.63) is 62.7 Å². The van der Waals surface area contributed by atoms with Crippen LogP contribution in [-0.2, 0) is 0 Å². The van der Waals surface area contributed by atoms with E-state index in [1.807, 2.05) is 12.1 Å². The van der Waals surface area contributed by atoms with E-state index in [9.17, 15) is 20.2 Å². The molecule has 2 rings (SSSR count). The second-order valence-electron chi connectivity index (χ2n) is 6.63. The summed E-state index contributed by atoms with van der Waals surface area (Å²) in [5.41, 5.74) is 0.558. The highest BCUT2D eigenvalue weighted by molar-refractivity contribution is 5.60. The highest BCUT2D eigenvalue weighted by Crippen LogP contribution is 2.31. The zero-order chi connectivity index (χ0) is 21.1. The lowest BCUT2D eigenvalue weighted by Crippen LogP contribution is -2.00. The number of anilines is 1. The van der Waals surface area contributed by atoms with E-state index in [1.165, 1.54) is 38.2 Å². The van der Waals surface area contributed by atoms with Crippen LogP contribution in [0.15, 0.2) is 52.7 Å². The molecule has 0 fully saturated rings. The average molecular weight is 399 g/mol. The number of nitro groups is 2. The molecule has 0 saturated carbocycles. The van der Waals surface area contributed by atoms with Crippen molar-refractivity contribution >= 4 is 28.4 Å². The summed E-state index contributed by atoms with van der Waals surface area (Å²) in [6.45, 7) is 3.12. The van der Waals surface area contributed by atoms with Gasteiger partial charge in [0, 0.05) is 18.3 Å². The van der Waals surface area contributed by atoms with Gasteiger partial charge in [0.15, 0.2) is 0 Å². The molecule has 2 aromatic carbocycles. The fourth-order valence-electron chi connectivity index (χ4n) is 2.77. The Morgan fingerprint density at radius 2 is 1.38 bits per heavy atom. The lowest BCUT2D eigenvalue weighted by atomic mass is 10.1. The molecule has 9 heteroatoms. The van der Waals surface area contributed by atoms with Gasteiger partial charge in [0.05, 0.1) is 27.3 Å². The fourth-order valence-corrected chi connectivity index (χ4v) is 2.77. The summed E-state index contributed by atoms with van der Waals surface area (Å²) in [7, 11) is 0. The molecule has 0 bridgehead atoms. The summed E-state index contributed by atoms with van der Waals surface area (Å²) in [6, 6.07) is 10.8. The predicted molar refractivity (Wildman–Crippen MR) is 112 cm³/mol. The third kappa shape index (κ3) is 7.28. The minimum absolute atomic E-state index is 0.174. The summed E-state index contributed by atoms with van der Waals surface area (Å²) in [6.07, 6.45) is 7.48. The lowest BCUT2D eigenvalue weighted by molar-refractivity contribution is -0.422. The molecule has 0 aliphatic carbocycles. The molecule has 0 aliphatic heterocycles. The molecule has 0 spiro atoms. The van der Waals surface area contributed by atoms with Gasteiger partial charge in [-0.25, -0.2) is 0 Å². The number of azo groups is 1. The highest BCUT2D eigenvalue weighted by Gasteiger charge is 2.24. The van der Waals surface area contributed by atoms with Crippen LogP contribution in [0, 0.1) is 20.2 Å². The van der Waals surface area contributed by atoms with Crippen LogP contribution in [0.25, 0.3) is 0 Å². The maximum Gasteiger partial charge on any atom is 0.348 e. The van der Waals surface area contributed by atoms with E-state index in [4.69, 9.17) is 0 Å². The van der Waals surface area contributed by atoms with Crippen LogP contribution in [0.4, 0.5) is 28.4 Å². The van der Waals surface area contributed by atoms with E-state index in [0.29, 0.717) is 5.69 Å². The standard InChI is InChI=1S/C20H25N5O4/c1-2-3-4-5-6-7-14-21-16-8-10-17(11-9-16)22-23-18-12-13-19(24(26)27)20(15-18)25(28)29/h8-13,15,21H,2-7,14H2,1H3. The molecule has 29 heavy (non-hydrogen) atoms. The molecule has 0 radical (unpaired) electrons. The number of rotatable bonds is 12. The number of hydrogen-bond acceptors (Lipinski definition) is 7. The molecule has 0 amide bonds. The van der Waals surface area contributed by atoms with Crippen LogP contribution < -0.4 is 5.32 Å². The van der Waals surface area contributed by atoms with Crippen LogP contribution in [0.3, 0.4) is 0 Å². The third-order valence-electron chi connectivity index (χ3n) is 4.36. The number of nitro benzene ring substituents is 2. The van der Waals surface area contributed by atoms with Gasteiger partial charge in [-0.15, -0.1) is 0 Å². The van der Waals surface area contributed by atoms with Crippen LogP contribution in [0.2, 0.25) is 0 Å². The third-order valence-corrected chi connectivity index (χ3v) is 4.36. The van der Waals surface area contributed by atoms with Crippen molar-refractivity contribution in [1.29, 1.82) is 0 Å². The van der Waals surface area contributed by atoms with E-state index in [-0.39, 0.29) is 5.69 Å². The van der Waals surface area contributed by atoms with Crippen molar-refractivity contribution in [3.8, 4) is 0 Å². The zero-order valence-electron chi connectivity index (χ0n) is 16.4. The van der Waals surface area contributed by atoms with Gasteiger partial charge in [0.2, 0.25) is 0 Å². The average Bonchev–Trinajstić information content (AvgIpc) is 2.72. The van der Waals surface area contributed by atoms with Gasteiger partial charge in [-0.2, -0.15) is 10.2 Å². The van der Waals surface area contributed by atoms with E-state index in [0.717, 1.165) is 30.8 Å². The second-order valence-corrected chi connectivity index (χ2v) is 6.63. The summed E-state index contributed by atoms with van der Waals surface area (Å²) < 4.78 is 0. The first-order chi connectivity index (χ1) is 14.0. The Bertz CT molecular complexity index is 852. The maximum absolute atomic E-state index is 11.0. The Labute approximate surface area is 169 Å². The Hall–Kier alpha value is -3.36. The molecular formula is C20H25N5O4. The van der Waals surface area contributed by atoms with Crippen LogP contribution >= 0.6 is 0 Å². The molecule has 0 saturated heterocycles. The van der Waals surface area contributed by atoms with Gasteiger partial charge >= 0.3 is 11.4 Å². The summed E-state index contributed by atoms with van der Waals surface area (Å²) in [4.78, 5) is 20.2. The molecule has 0 heterocycles. The smallest absolute Gasteiger partial charge is 0.348 e. The van der Waals surface area contributed by atoms with Gasteiger partial charge in [-0.1, -0.05) is 39.0 Å². The highest BCUT2D eigenvalue weighted by atomic mass is 16.6. The molecule has 0 aromatic heterocycles. The maximum atomic E-state index is 11.0. The van der Waals surface area contributed by atoms with E-state index in [1.54, 1.807) is 12.1 Å². The van der Waals surface area contributed by atoms with Gasteiger partial charge in [-0.05, 0) is 36.8 Å². The first kappa shape index (κ1) is 21.9. The number of nitrogens with one attached hydrogen (secondary N) is 1. The van der Waals surface area contributed by atoms with E-state index in [2.05, 4.69) is 22.5 Å². The zero-order valence-corrected chi connectivity index (χ0v) is 16.4. The molecule has 9 nitrogen and oxygen atoms in total. The van der Waals surface area contributed by atoms with Gasteiger partial charge < -0.3 is 5.32 Å². The van der Waals surface area contributed by atoms with Crippen molar-refractivity contribution in [2.24, 2.45) is 10.2 Å². The van der Waals surface area contributed by atoms with E-state index >= 15 is 0 Å². The number of benzene rings is 2. The first-order valence-corrected chi connectivity index (χ1v) is 9.69. The minimum Gasteiger partial charge on any atom is -0.385 e. The van der Waals surface area contributed by atoms with E-state index < -0.39 is 21.2 Å². The molecule has 0 aliphatic rings. The minimum atomic E-state index is -0.804. The number of hydrogen-bond donors (Lipinski definition) is 1.